The van der Waals surface area contributed by atoms with Gasteiger partial charge in [-0.15, -0.1) is 23.1 Å². The Morgan fingerprint density at radius 3 is 2.74 bits per heavy atom. The average Bonchev–Trinajstić information content (AvgIpc) is 2.74. The van der Waals surface area contributed by atoms with Gasteiger partial charge >= 0.3 is 0 Å². The largest absolute Gasteiger partial charge is 0.264 e. The molecule has 0 aliphatic heterocycles. The van der Waals surface area contributed by atoms with Crippen molar-refractivity contribution in [2.24, 2.45) is 0 Å². The highest BCUT2D eigenvalue weighted by molar-refractivity contribution is 7.99. The summed E-state index contributed by atoms with van der Waals surface area (Å²) in [6.45, 7) is 1.81. The van der Waals surface area contributed by atoms with Crippen LogP contribution in [0.3, 0.4) is 0 Å². The summed E-state index contributed by atoms with van der Waals surface area (Å²) in [6.07, 6.45) is 1.82. The molecule has 1 heterocycles. The maximum Gasteiger partial charge on any atom is 0.264 e. The number of thiazole rings is 1. The van der Waals surface area contributed by atoms with Crippen LogP contribution in [0.5, 0.6) is 0 Å². The SMILES string of the molecule is CSc1ccc(Cl)cc1S(=O)(=O)Nc1nc(C)cs1. The standard InChI is InChI=1S/C11H11ClN2O2S3/c1-7-6-18-11(13-7)14-19(15,16)10-5-8(12)3-4-9(10)17-2/h3-6H,1-2H3,(H,13,14). The Hall–Kier alpha value is -0.760. The first kappa shape index (κ1) is 14.6. The van der Waals surface area contributed by atoms with Crippen LogP contribution in [-0.4, -0.2) is 19.7 Å². The fraction of sp³-hybridized carbons (Fsp3) is 0.182. The van der Waals surface area contributed by atoms with Crippen LogP contribution in [0.1, 0.15) is 5.69 Å². The molecule has 0 radical (unpaired) electrons. The minimum absolute atomic E-state index is 0.167. The summed E-state index contributed by atoms with van der Waals surface area (Å²) >= 11 is 8.47. The number of benzene rings is 1. The van der Waals surface area contributed by atoms with E-state index in [2.05, 4.69) is 9.71 Å². The molecule has 0 spiro atoms. The normalized spacial score (nSPS) is 11.5. The Kier molecular flexibility index (Phi) is 4.39. The number of rotatable bonds is 4. The Morgan fingerprint density at radius 1 is 1.42 bits per heavy atom. The van der Waals surface area contributed by atoms with E-state index in [1.165, 1.54) is 29.2 Å². The number of nitrogens with zero attached hydrogens (tertiary/aromatic N) is 1. The first-order chi connectivity index (χ1) is 8.92. The maximum absolute atomic E-state index is 12.3. The number of thioether (sulfide) groups is 1. The first-order valence-electron chi connectivity index (χ1n) is 5.21. The van der Waals surface area contributed by atoms with E-state index in [1.807, 2.05) is 6.26 Å². The van der Waals surface area contributed by atoms with Gasteiger partial charge < -0.3 is 0 Å². The zero-order chi connectivity index (χ0) is 14.0. The zero-order valence-corrected chi connectivity index (χ0v) is 13.4. The Labute approximate surface area is 125 Å². The second-order valence-electron chi connectivity index (χ2n) is 3.69. The molecule has 0 saturated carbocycles. The molecule has 0 saturated heterocycles. The summed E-state index contributed by atoms with van der Waals surface area (Å²) in [5, 5.41) is 2.52. The van der Waals surface area contributed by atoms with E-state index in [-0.39, 0.29) is 4.90 Å². The summed E-state index contributed by atoms with van der Waals surface area (Å²) in [6, 6.07) is 4.80. The Bertz CT molecular complexity index is 698. The molecule has 1 N–H and O–H groups in total. The maximum atomic E-state index is 12.3. The first-order valence-corrected chi connectivity index (χ1v) is 9.17. The predicted octanol–water partition coefficient (Wildman–Crippen LogP) is 3.63. The third-order valence-corrected chi connectivity index (χ3v) is 5.80. The molecule has 2 rings (SSSR count). The van der Waals surface area contributed by atoms with Crippen LogP contribution in [0.25, 0.3) is 0 Å². The number of halogens is 1. The highest BCUT2D eigenvalue weighted by Gasteiger charge is 2.20. The summed E-state index contributed by atoms with van der Waals surface area (Å²) in [5.41, 5.74) is 0.777. The van der Waals surface area contributed by atoms with E-state index < -0.39 is 10.0 Å². The molecule has 4 nitrogen and oxygen atoms in total. The molecule has 0 atom stereocenters. The number of nitrogens with one attached hydrogen (secondary N) is 1. The zero-order valence-electron chi connectivity index (χ0n) is 10.2. The van der Waals surface area contributed by atoms with Gasteiger partial charge in [0.1, 0.15) is 4.90 Å². The molecule has 0 amide bonds. The second kappa shape index (κ2) is 5.70. The van der Waals surface area contributed by atoms with Gasteiger partial charge in [0.15, 0.2) is 5.13 Å². The smallest absolute Gasteiger partial charge is 0.255 e. The van der Waals surface area contributed by atoms with Crippen LogP contribution in [-0.2, 0) is 10.0 Å². The Morgan fingerprint density at radius 2 is 2.16 bits per heavy atom. The van der Waals surface area contributed by atoms with Crippen molar-refractivity contribution in [2.45, 2.75) is 16.7 Å². The molecule has 19 heavy (non-hydrogen) atoms. The van der Waals surface area contributed by atoms with Crippen molar-refractivity contribution in [3.8, 4) is 0 Å². The third kappa shape index (κ3) is 3.42. The van der Waals surface area contributed by atoms with Gasteiger partial charge in [-0.05, 0) is 31.4 Å². The van der Waals surface area contributed by atoms with Crippen LogP contribution < -0.4 is 4.72 Å². The van der Waals surface area contributed by atoms with Gasteiger partial charge in [0.2, 0.25) is 0 Å². The fourth-order valence-corrected chi connectivity index (χ4v) is 4.77. The van der Waals surface area contributed by atoms with Crippen LogP contribution in [0.15, 0.2) is 33.4 Å². The Balaban J connectivity index is 2.41. The third-order valence-electron chi connectivity index (χ3n) is 2.26. The lowest BCUT2D eigenvalue weighted by Crippen LogP contribution is -2.13. The van der Waals surface area contributed by atoms with E-state index >= 15 is 0 Å². The lowest BCUT2D eigenvalue weighted by molar-refractivity contribution is 0.599. The minimum Gasteiger partial charge on any atom is -0.255 e. The monoisotopic (exact) mass is 334 g/mol. The van der Waals surface area contributed by atoms with E-state index in [9.17, 15) is 8.42 Å². The minimum atomic E-state index is -3.67. The van der Waals surface area contributed by atoms with Gasteiger partial charge in [-0.3, -0.25) is 4.72 Å². The molecule has 0 aliphatic rings. The summed E-state index contributed by atoms with van der Waals surface area (Å²) in [4.78, 5) is 4.90. The number of anilines is 1. The van der Waals surface area contributed by atoms with Gasteiger partial charge in [-0.25, -0.2) is 13.4 Å². The molecule has 0 unspecified atom stereocenters. The average molecular weight is 335 g/mol. The summed E-state index contributed by atoms with van der Waals surface area (Å²) in [7, 11) is -3.67. The molecule has 0 fully saturated rings. The molecule has 1 aromatic carbocycles. The topological polar surface area (TPSA) is 59.1 Å². The lowest BCUT2D eigenvalue weighted by Gasteiger charge is -2.09. The van der Waals surface area contributed by atoms with Crippen molar-refractivity contribution in [1.29, 1.82) is 0 Å². The quantitative estimate of drug-likeness (QED) is 0.867. The summed E-state index contributed by atoms with van der Waals surface area (Å²) in [5.74, 6) is 0. The lowest BCUT2D eigenvalue weighted by atomic mass is 10.4. The number of hydrogen-bond acceptors (Lipinski definition) is 5. The molecular weight excluding hydrogens is 324 g/mol. The van der Waals surface area contributed by atoms with Crippen molar-refractivity contribution in [1.82, 2.24) is 4.98 Å². The van der Waals surface area contributed by atoms with Crippen molar-refractivity contribution in [2.75, 3.05) is 11.0 Å². The van der Waals surface area contributed by atoms with E-state index in [4.69, 9.17) is 11.6 Å². The van der Waals surface area contributed by atoms with Gasteiger partial charge in [-0.2, -0.15) is 0 Å². The highest BCUT2D eigenvalue weighted by Crippen LogP contribution is 2.29. The molecule has 0 aliphatic carbocycles. The van der Waals surface area contributed by atoms with Crippen molar-refractivity contribution in [3.63, 3.8) is 0 Å². The van der Waals surface area contributed by atoms with Crippen molar-refractivity contribution < 1.29 is 8.42 Å². The van der Waals surface area contributed by atoms with Crippen molar-refractivity contribution >= 4 is 49.9 Å². The molecule has 1 aromatic heterocycles. The highest BCUT2D eigenvalue weighted by atomic mass is 35.5. The van der Waals surface area contributed by atoms with E-state index in [0.717, 1.165) is 5.69 Å². The van der Waals surface area contributed by atoms with E-state index in [0.29, 0.717) is 15.0 Å². The van der Waals surface area contributed by atoms with Gasteiger partial charge in [0, 0.05) is 15.3 Å². The molecular formula is C11H11ClN2O2S3. The van der Waals surface area contributed by atoms with E-state index in [1.54, 1.807) is 24.4 Å². The van der Waals surface area contributed by atoms with Gasteiger partial charge in [0.25, 0.3) is 10.0 Å². The van der Waals surface area contributed by atoms with Crippen molar-refractivity contribution in [3.05, 3.63) is 34.3 Å². The number of aromatic nitrogens is 1. The van der Waals surface area contributed by atoms with Gasteiger partial charge in [-0.1, -0.05) is 11.6 Å². The van der Waals surface area contributed by atoms with Gasteiger partial charge in [0.05, 0.1) is 5.69 Å². The predicted molar refractivity (Wildman–Crippen MR) is 80.9 cm³/mol. The van der Waals surface area contributed by atoms with Crippen LogP contribution in [0.4, 0.5) is 5.13 Å². The molecule has 102 valence electrons. The second-order valence-corrected chi connectivity index (χ2v) is 7.49. The van der Waals surface area contributed by atoms with Crippen LogP contribution in [0.2, 0.25) is 5.02 Å². The van der Waals surface area contributed by atoms with Crippen LogP contribution >= 0.6 is 34.7 Å². The molecule has 0 bridgehead atoms. The number of sulfonamides is 1. The number of aryl methyl sites for hydroxylation is 1. The summed E-state index contributed by atoms with van der Waals surface area (Å²) < 4.78 is 27.1. The fourth-order valence-electron chi connectivity index (χ4n) is 1.43. The molecule has 8 heteroatoms. The van der Waals surface area contributed by atoms with Crippen LogP contribution in [0, 0.1) is 6.92 Å². The molecule has 2 aromatic rings. The number of hydrogen-bond donors (Lipinski definition) is 1.